The van der Waals surface area contributed by atoms with Gasteiger partial charge in [-0.25, -0.2) is 4.39 Å². The van der Waals surface area contributed by atoms with Crippen molar-refractivity contribution in [1.29, 1.82) is 0 Å². The van der Waals surface area contributed by atoms with Crippen molar-refractivity contribution in [2.75, 3.05) is 46.4 Å². The highest BCUT2D eigenvalue weighted by Crippen LogP contribution is 2.17. The lowest BCUT2D eigenvalue weighted by Gasteiger charge is -2.32. The molecule has 2 aliphatic rings. The molecule has 1 aromatic rings. The average molecular weight is 462 g/mol. The Balaban J connectivity index is 0.00000225. The molecule has 1 atom stereocenters. The van der Waals surface area contributed by atoms with Gasteiger partial charge < -0.3 is 15.0 Å². The van der Waals surface area contributed by atoms with Crippen LogP contribution < -0.4 is 5.32 Å². The number of rotatable bonds is 3. The second-order valence-corrected chi connectivity index (χ2v) is 6.52. The van der Waals surface area contributed by atoms with Gasteiger partial charge in [0.05, 0.1) is 13.2 Å². The summed E-state index contributed by atoms with van der Waals surface area (Å²) in [6, 6.07) is 5.82. The molecule has 5 nitrogen and oxygen atoms in total. The molecule has 2 aliphatic heterocycles. The normalized spacial score (nSPS) is 22.0. The maximum atomic E-state index is 13.4. The Labute approximate surface area is 166 Å². The van der Waals surface area contributed by atoms with Crippen molar-refractivity contribution in [3.8, 4) is 0 Å². The van der Waals surface area contributed by atoms with Crippen LogP contribution in [0.15, 0.2) is 23.2 Å². The van der Waals surface area contributed by atoms with E-state index < -0.39 is 0 Å². The summed E-state index contributed by atoms with van der Waals surface area (Å²) in [6.07, 6.45) is 1.16. The molecule has 1 aromatic carbocycles. The lowest BCUT2D eigenvalue weighted by molar-refractivity contribution is 0.0195. The van der Waals surface area contributed by atoms with Crippen LogP contribution in [0.4, 0.5) is 4.39 Å². The summed E-state index contributed by atoms with van der Waals surface area (Å²) in [5.41, 5.74) is 1.75. The summed E-state index contributed by atoms with van der Waals surface area (Å²) in [4.78, 5) is 9.26. The zero-order valence-corrected chi connectivity index (χ0v) is 17.3. The van der Waals surface area contributed by atoms with Crippen molar-refractivity contribution >= 4 is 29.9 Å². The van der Waals surface area contributed by atoms with Crippen LogP contribution in [-0.2, 0) is 11.3 Å². The van der Waals surface area contributed by atoms with Crippen molar-refractivity contribution in [2.45, 2.75) is 25.9 Å². The van der Waals surface area contributed by atoms with Crippen molar-refractivity contribution in [2.24, 2.45) is 4.99 Å². The van der Waals surface area contributed by atoms with E-state index in [4.69, 9.17) is 4.74 Å². The van der Waals surface area contributed by atoms with Gasteiger partial charge in [-0.2, -0.15) is 0 Å². The number of nitrogens with zero attached hydrogens (tertiary/aromatic N) is 3. The second-order valence-electron chi connectivity index (χ2n) is 6.52. The van der Waals surface area contributed by atoms with E-state index >= 15 is 0 Å². The Hall–Kier alpha value is -0.930. The van der Waals surface area contributed by atoms with Gasteiger partial charge >= 0.3 is 0 Å². The molecule has 1 unspecified atom stereocenters. The third-order valence-corrected chi connectivity index (χ3v) is 4.91. The highest BCUT2D eigenvalue weighted by Gasteiger charge is 2.30. The largest absolute Gasteiger partial charge is 0.379 e. The maximum Gasteiger partial charge on any atom is 0.193 e. The SMILES string of the molecule is CN=C(NCc1ccc(F)c(C)c1)N1CCC(N2CCOCC2)C1.I. The summed E-state index contributed by atoms with van der Waals surface area (Å²) in [6.45, 7) is 8.21. The summed E-state index contributed by atoms with van der Waals surface area (Å²) >= 11 is 0. The van der Waals surface area contributed by atoms with Gasteiger partial charge in [0.2, 0.25) is 0 Å². The van der Waals surface area contributed by atoms with Crippen molar-refractivity contribution in [3.63, 3.8) is 0 Å². The van der Waals surface area contributed by atoms with Crippen LogP contribution in [0.3, 0.4) is 0 Å². The number of ether oxygens (including phenoxy) is 1. The van der Waals surface area contributed by atoms with E-state index in [1.165, 1.54) is 6.07 Å². The van der Waals surface area contributed by atoms with Crippen LogP contribution >= 0.6 is 24.0 Å². The molecular weight excluding hydrogens is 434 g/mol. The molecule has 7 heteroatoms. The van der Waals surface area contributed by atoms with Crippen LogP contribution in [0.2, 0.25) is 0 Å². The van der Waals surface area contributed by atoms with Gasteiger partial charge in [0.1, 0.15) is 5.82 Å². The quantitative estimate of drug-likeness (QED) is 0.425. The van der Waals surface area contributed by atoms with Gasteiger partial charge in [-0.05, 0) is 30.5 Å². The fourth-order valence-electron chi connectivity index (χ4n) is 3.51. The molecular formula is C18H28FIN4O. The molecule has 1 N–H and O–H groups in total. The average Bonchev–Trinajstić information content (AvgIpc) is 3.09. The smallest absolute Gasteiger partial charge is 0.193 e. The third-order valence-electron chi connectivity index (χ3n) is 4.91. The number of aliphatic imine (C=N–C) groups is 1. The van der Waals surface area contributed by atoms with Gasteiger partial charge in [-0.15, -0.1) is 24.0 Å². The summed E-state index contributed by atoms with van der Waals surface area (Å²) in [5.74, 6) is 0.767. The number of hydrogen-bond acceptors (Lipinski definition) is 3. The molecule has 0 saturated carbocycles. The van der Waals surface area contributed by atoms with E-state index in [2.05, 4.69) is 20.1 Å². The third kappa shape index (κ3) is 5.27. The summed E-state index contributed by atoms with van der Waals surface area (Å²) in [7, 11) is 1.82. The first-order chi connectivity index (χ1) is 11.7. The van der Waals surface area contributed by atoms with Crippen LogP contribution in [0.5, 0.6) is 0 Å². The summed E-state index contributed by atoms with van der Waals surface area (Å²) in [5, 5.41) is 3.41. The first-order valence-corrected chi connectivity index (χ1v) is 8.70. The van der Waals surface area contributed by atoms with Crippen LogP contribution in [0.1, 0.15) is 17.5 Å². The fourth-order valence-corrected chi connectivity index (χ4v) is 3.51. The number of guanidine groups is 1. The lowest BCUT2D eigenvalue weighted by Crippen LogP contribution is -2.46. The minimum absolute atomic E-state index is 0. The van der Waals surface area contributed by atoms with Gasteiger partial charge in [0.25, 0.3) is 0 Å². The van der Waals surface area contributed by atoms with Crippen LogP contribution in [0.25, 0.3) is 0 Å². The topological polar surface area (TPSA) is 40.1 Å². The molecule has 0 bridgehead atoms. The molecule has 2 heterocycles. The highest BCUT2D eigenvalue weighted by atomic mass is 127. The Bertz CT molecular complexity index is 592. The van der Waals surface area contributed by atoms with E-state index in [1.54, 1.807) is 6.92 Å². The van der Waals surface area contributed by atoms with Crippen LogP contribution in [-0.4, -0.2) is 68.2 Å². The number of aryl methyl sites for hydroxylation is 1. The Morgan fingerprint density at radius 1 is 1.32 bits per heavy atom. The lowest BCUT2D eigenvalue weighted by atomic mass is 10.1. The number of benzene rings is 1. The van der Waals surface area contributed by atoms with Gasteiger partial charge in [0.15, 0.2) is 5.96 Å². The molecule has 0 radical (unpaired) electrons. The van der Waals surface area contributed by atoms with Crippen LogP contribution in [0, 0.1) is 12.7 Å². The maximum absolute atomic E-state index is 13.4. The molecule has 140 valence electrons. The van der Waals surface area contributed by atoms with E-state index in [-0.39, 0.29) is 29.8 Å². The van der Waals surface area contributed by atoms with Gasteiger partial charge in [-0.1, -0.05) is 12.1 Å². The van der Waals surface area contributed by atoms with E-state index in [0.29, 0.717) is 18.2 Å². The minimum Gasteiger partial charge on any atom is -0.379 e. The van der Waals surface area contributed by atoms with E-state index in [1.807, 2.05) is 19.2 Å². The monoisotopic (exact) mass is 462 g/mol. The highest BCUT2D eigenvalue weighted by molar-refractivity contribution is 14.0. The molecule has 2 saturated heterocycles. The first kappa shape index (κ1) is 20.4. The molecule has 0 aliphatic carbocycles. The molecule has 3 rings (SSSR count). The predicted octanol–water partition coefficient (Wildman–Crippen LogP) is 2.23. The number of halogens is 2. The molecule has 0 spiro atoms. The fraction of sp³-hybridized carbons (Fsp3) is 0.611. The van der Waals surface area contributed by atoms with Crippen molar-refractivity contribution in [1.82, 2.24) is 15.1 Å². The zero-order chi connectivity index (χ0) is 16.9. The Kier molecular flexibility index (Phi) is 7.89. The van der Waals surface area contributed by atoms with E-state index in [0.717, 1.165) is 57.3 Å². The molecule has 0 amide bonds. The molecule has 25 heavy (non-hydrogen) atoms. The molecule has 2 fully saturated rings. The van der Waals surface area contributed by atoms with Gasteiger partial charge in [-0.3, -0.25) is 9.89 Å². The van der Waals surface area contributed by atoms with Gasteiger partial charge in [0, 0.05) is 45.8 Å². The van der Waals surface area contributed by atoms with Crippen molar-refractivity contribution in [3.05, 3.63) is 35.1 Å². The zero-order valence-electron chi connectivity index (χ0n) is 15.0. The number of hydrogen-bond donors (Lipinski definition) is 1. The molecule has 0 aromatic heterocycles. The number of morpholine rings is 1. The summed E-state index contributed by atoms with van der Waals surface area (Å²) < 4.78 is 18.8. The predicted molar refractivity (Wildman–Crippen MR) is 109 cm³/mol. The number of nitrogens with one attached hydrogen (secondary N) is 1. The van der Waals surface area contributed by atoms with E-state index in [9.17, 15) is 4.39 Å². The Morgan fingerprint density at radius 3 is 2.76 bits per heavy atom. The van der Waals surface area contributed by atoms with Crippen molar-refractivity contribution < 1.29 is 9.13 Å². The Morgan fingerprint density at radius 2 is 2.08 bits per heavy atom. The standard InChI is InChI=1S/C18H27FN4O.HI/c1-14-11-15(3-4-17(14)19)12-21-18(20-2)23-6-5-16(13-23)22-7-9-24-10-8-22;/h3-4,11,16H,5-10,12-13H2,1-2H3,(H,20,21);1H. The minimum atomic E-state index is -0.156. The first-order valence-electron chi connectivity index (χ1n) is 8.70. The second kappa shape index (κ2) is 9.68. The number of likely N-dealkylation sites (tertiary alicyclic amines) is 1.